The van der Waals surface area contributed by atoms with Gasteiger partial charge in [-0.05, 0) is 44.2 Å². The van der Waals surface area contributed by atoms with E-state index in [2.05, 4.69) is 15.6 Å². The maximum atomic E-state index is 12.6. The summed E-state index contributed by atoms with van der Waals surface area (Å²) in [5.41, 5.74) is 0.982. The number of hydrogen-bond acceptors (Lipinski definition) is 4. The van der Waals surface area contributed by atoms with Crippen LogP contribution in [-0.2, 0) is 6.54 Å². The molecule has 31 heavy (non-hydrogen) atoms. The summed E-state index contributed by atoms with van der Waals surface area (Å²) < 4.78 is 49.3. The van der Waals surface area contributed by atoms with E-state index in [1.165, 1.54) is 17.7 Å². The van der Waals surface area contributed by atoms with Gasteiger partial charge in [0.05, 0.1) is 19.8 Å². The van der Waals surface area contributed by atoms with Gasteiger partial charge in [-0.1, -0.05) is 0 Å². The second-order valence-electron chi connectivity index (χ2n) is 7.90. The van der Waals surface area contributed by atoms with Gasteiger partial charge in [-0.15, -0.1) is 24.0 Å². The molecule has 1 atom stereocenters. The molecule has 10 heteroatoms. The molecule has 0 spiro atoms. The first-order chi connectivity index (χ1) is 14.4. The number of rotatable bonds is 7. The molecule has 1 saturated heterocycles. The molecule has 2 aliphatic rings. The van der Waals surface area contributed by atoms with E-state index in [0.29, 0.717) is 32.0 Å². The standard InChI is InChI=1S/C21H31F3N4O2.HI/c1-25-20(27-16-9-10-28(13-16)14-21(22,23)24)26-12-15-7-8-18(29-2)11-19(15)30-17-5-3-4-6-17;/h7-8,11,16-17H,3-6,9-10,12-14H2,1-2H3,(H2,25,26,27);1H. The normalized spacial score (nSPS) is 20.4. The van der Waals surface area contributed by atoms with Crippen molar-refractivity contribution < 1.29 is 22.6 Å². The molecule has 176 valence electrons. The van der Waals surface area contributed by atoms with Crippen molar-refractivity contribution in [3.63, 3.8) is 0 Å². The summed E-state index contributed by atoms with van der Waals surface area (Å²) in [6, 6.07) is 5.69. The van der Waals surface area contributed by atoms with Crippen LogP contribution in [0, 0.1) is 0 Å². The lowest BCUT2D eigenvalue weighted by atomic mass is 10.1. The van der Waals surface area contributed by atoms with Gasteiger partial charge in [0, 0.05) is 44.4 Å². The molecule has 2 fully saturated rings. The number of alkyl halides is 3. The van der Waals surface area contributed by atoms with Crippen LogP contribution in [0.4, 0.5) is 13.2 Å². The molecule has 1 heterocycles. The summed E-state index contributed by atoms with van der Waals surface area (Å²) in [5, 5.41) is 6.49. The Kier molecular flexibility index (Phi) is 9.98. The molecule has 3 rings (SSSR count). The van der Waals surface area contributed by atoms with E-state index in [9.17, 15) is 13.2 Å². The van der Waals surface area contributed by atoms with E-state index in [-0.39, 0.29) is 36.1 Å². The van der Waals surface area contributed by atoms with Crippen molar-refractivity contribution in [2.45, 2.75) is 57.0 Å². The second kappa shape index (κ2) is 12.0. The first-order valence-corrected chi connectivity index (χ1v) is 10.5. The molecular formula is C21H32F3IN4O2. The molecule has 2 N–H and O–H groups in total. The van der Waals surface area contributed by atoms with Crippen LogP contribution in [0.5, 0.6) is 11.5 Å². The average Bonchev–Trinajstić information content (AvgIpc) is 3.36. The van der Waals surface area contributed by atoms with Crippen LogP contribution < -0.4 is 20.1 Å². The Balaban J connectivity index is 0.00000341. The Bertz CT molecular complexity index is 727. The van der Waals surface area contributed by atoms with Gasteiger partial charge in [0.2, 0.25) is 0 Å². The third-order valence-electron chi connectivity index (χ3n) is 5.56. The Morgan fingerprint density at radius 1 is 1.23 bits per heavy atom. The van der Waals surface area contributed by atoms with Gasteiger partial charge in [0.15, 0.2) is 5.96 Å². The minimum Gasteiger partial charge on any atom is -0.497 e. The summed E-state index contributed by atoms with van der Waals surface area (Å²) in [5.74, 6) is 2.10. The van der Waals surface area contributed by atoms with Crippen molar-refractivity contribution in [2.75, 3.05) is 33.8 Å². The molecule has 1 aromatic carbocycles. The van der Waals surface area contributed by atoms with Gasteiger partial charge >= 0.3 is 6.18 Å². The first-order valence-electron chi connectivity index (χ1n) is 10.5. The number of methoxy groups -OCH3 is 1. The van der Waals surface area contributed by atoms with Gasteiger partial charge in [-0.3, -0.25) is 9.89 Å². The monoisotopic (exact) mass is 556 g/mol. The van der Waals surface area contributed by atoms with Gasteiger partial charge in [-0.2, -0.15) is 13.2 Å². The van der Waals surface area contributed by atoms with Crippen molar-refractivity contribution in [1.29, 1.82) is 0 Å². The van der Waals surface area contributed by atoms with Crippen molar-refractivity contribution in [1.82, 2.24) is 15.5 Å². The fourth-order valence-corrected chi connectivity index (χ4v) is 4.02. The van der Waals surface area contributed by atoms with Crippen LogP contribution in [-0.4, -0.2) is 63.0 Å². The highest BCUT2D eigenvalue weighted by Crippen LogP contribution is 2.30. The van der Waals surface area contributed by atoms with Gasteiger partial charge < -0.3 is 20.1 Å². The molecule has 1 aromatic rings. The van der Waals surface area contributed by atoms with Crippen LogP contribution in [0.3, 0.4) is 0 Å². The number of aliphatic imine (C=N–C) groups is 1. The summed E-state index contributed by atoms with van der Waals surface area (Å²) in [7, 11) is 3.28. The lowest BCUT2D eigenvalue weighted by Gasteiger charge is -2.21. The van der Waals surface area contributed by atoms with Crippen LogP contribution in [0.25, 0.3) is 0 Å². The van der Waals surface area contributed by atoms with Gasteiger partial charge in [0.1, 0.15) is 11.5 Å². The number of hydrogen-bond donors (Lipinski definition) is 2. The molecule has 0 bridgehead atoms. The molecule has 1 saturated carbocycles. The van der Waals surface area contributed by atoms with E-state index in [0.717, 1.165) is 29.9 Å². The topological polar surface area (TPSA) is 58.1 Å². The lowest BCUT2D eigenvalue weighted by Crippen LogP contribution is -2.45. The molecule has 1 aliphatic carbocycles. The maximum absolute atomic E-state index is 12.6. The van der Waals surface area contributed by atoms with Gasteiger partial charge in [-0.25, -0.2) is 0 Å². The number of guanidine groups is 1. The minimum atomic E-state index is -4.17. The van der Waals surface area contributed by atoms with Crippen LogP contribution >= 0.6 is 24.0 Å². The zero-order valence-electron chi connectivity index (χ0n) is 18.0. The summed E-state index contributed by atoms with van der Waals surface area (Å²) in [6.45, 7) is 0.389. The summed E-state index contributed by atoms with van der Waals surface area (Å²) in [6.07, 6.45) is 1.20. The number of halogens is 4. The number of benzene rings is 1. The van der Waals surface area contributed by atoms with Crippen molar-refractivity contribution in [2.24, 2.45) is 4.99 Å². The second-order valence-corrected chi connectivity index (χ2v) is 7.90. The first kappa shape index (κ1) is 25.8. The molecule has 1 unspecified atom stereocenters. The molecular weight excluding hydrogens is 524 g/mol. The SMILES string of the molecule is CN=C(NCc1ccc(OC)cc1OC1CCCC1)NC1CCN(CC(F)(F)F)C1.I. The fraction of sp³-hybridized carbons (Fsp3) is 0.667. The van der Waals surface area contributed by atoms with Crippen molar-refractivity contribution in [3.8, 4) is 11.5 Å². The molecule has 6 nitrogen and oxygen atoms in total. The Labute approximate surface area is 199 Å². The van der Waals surface area contributed by atoms with E-state index in [1.54, 1.807) is 14.2 Å². The lowest BCUT2D eigenvalue weighted by molar-refractivity contribution is -0.143. The highest BCUT2D eigenvalue weighted by molar-refractivity contribution is 14.0. The molecule has 0 amide bonds. The summed E-state index contributed by atoms with van der Waals surface area (Å²) in [4.78, 5) is 5.64. The van der Waals surface area contributed by atoms with Gasteiger partial charge in [0.25, 0.3) is 0 Å². The van der Waals surface area contributed by atoms with E-state index in [1.807, 2.05) is 18.2 Å². The highest BCUT2D eigenvalue weighted by Gasteiger charge is 2.34. The molecule has 0 aromatic heterocycles. The Hall–Kier alpha value is -1.43. The van der Waals surface area contributed by atoms with Crippen molar-refractivity contribution in [3.05, 3.63) is 23.8 Å². The third kappa shape index (κ3) is 8.21. The molecule has 1 aliphatic heterocycles. The van der Waals surface area contributed by atoms with E-state index < -0.39 is 12.7 Å². The predicted octanol–water partition coefficient (Wildman–Crippen LogP) is 3.94. The number of ether oxygens (including phenoxy) is 2. The highest BCUT2D eigenvalue weighted by atomic mass is 127. The molecule has 0 radical (unpaired) electrons. The number of nitrogens with one attached hydrogen (secondary N) is 2. The predicted molar refractivity (Wildman–Crippen MR) is 126 cm³/mol. The zero-order valence-corrected chi connectivity index (χ0v) is 20.3. The minimum absolute atomic E-state index is 0. The van der Waals surface area contributed by atoms with E-state index >= 15 is 0 Å². The zero-order chi connectivity index (χ0) is 21.6. The Morgan fingerprint density at radius 2 is 1.97 bits per heavy atom. The number of nitrogens with zero attached hydrogens (tertiary/aromatic N) is 2. The Morgan fingerprint density at radius 3 is 2.61 bits per heavy atom. The number of likely N-dealkylation sites (tertiary alicyclic amines) is 1. The average molecular weight is 556 g/mol. The maximum Gasteiger partial charge on any atom is 0.401 e. The third-order valence-corrected chi connectivity index (χ3v) is 5.56. The smallest absolute Gasteiger partial charge is 0.401 e. The van der Waals surface area contributed by atoms with Crippen LogP contribution in [0.15, 0.2) is 23.2 Å². The largest absolute Gasteiger partial charge is 0.497 e. The van der Waals surface area contributed by atoms with E-state index in [4.69, 9.17) is 9.47 Å². The van der Waals surface area contributed by atoms with Crippen LogP contribution in [0.1, 0.15) is 37.7 Å². The quantitative estimate of drug-likeness (QED) is 0.303. The fourth-order valence-electron chi connectivity index (χ4n) is 4.02. The summed E-state index contributed by atoms with van der Waals surface area (Å²) >= 11 is 0. The van der Waals surface area contributed by atoms with Crippen LogP contribution in [0.2, 0.25) is 0 Å². The van der Waals surface area contributed by atoms with Crippen molar-refractivity contribution >= 4 is 29.9 Å².